The molecule has 0 aliphatic heterocycles. The number of benzene rings is 2. The van der Waals surface area contributed by atoms with Crippen LogP contribution in [0.4, 0.5) is 0 Å². The van der Waals surface area contributed by atoms with E-state index >= 15 is 0 Å². The van der Waals surface area contributed by atoms with Crippen molar-refractivity contribution in [2.45, 2.75) is 13.0 Å². The number of hydrogen-bond donors (Lipinski definition) is 1. The highest BCUT2D eigenvalue weighted by Gasteiger charge is 2.09. The summed E-state index contributed by atoms with van der Waals surface area (Å²) in [6, 6.07) is 11.4. The zero-order chi connectivity index (χ0) is 12.4. The van der Waals surface area contributed by atoms with Crippen LogP contribution in [0.1, 0.15) is 28.9 Å². The molecule has 0 heterocycles. The fourth-order valence-corrected chi connectivity index (χ4v) is 1.95. The second-order valence-electron chi connectivity index (χ2n) is 4.06. The Kier molecular flexibility index (Phi) is 4.70. The summed E-state index contributed by atoms with van der Waals surface area (Å²) in [5.74, 6) is -0.321. The van der Waals surface area contributed by atoms with Crippen LogP contribution in [0.5, 0.6) is 0 Å². The lowest BCUT2D eigenvalue weighted by atomic mass is 9.98. The summed E-state index contributed by atoms with van der Waals surface area (Å²) in [5, 5.41) is 2.08. The lowest BCUT2D eigenvalue weighted by Gasteiger charge is -2.10. The second kappa shape index (κ2) is 5.85. The summed E-state index contributed by atoms with van der Waals surface area (Å²) in [6.07, 6.45) is 0. The Balaban J connectivity index is 0.00000162. The molecular formula is C14H16ClNO2. The fourth-order valence-electron chi connectivity index (χ4n) is 1.95. The Bertz CT molecular complexity index is 567. The first kappa shape index (κ1) is 14.5. The van der Waals surface area contributed by atoms with Gasteiger partial charge in [0.15, 0.2) is 0 Å². The molecule has 2 aromatic rings. The number of ether oxygens (including phenoxy) is 1. The van der Waals surface area contributed by atoms with Crippen LogP contribution < -0.4 is 5.73 Å². The van der Waals surface area contributed by atoms with Gasteiger partial charge in [-0.2, -0.15) is 0 Å². The Morgan fingerprint density at radius 2 is 2.00 bits per heavy atom. The molecule has 4 heteroatoms. The number of carbonyl (C=O) groups excluding carboxylic acids is 1. The van der Waals surface area contributed by atoms with Gasteiger partial charge in [0.1, 0.15) is 0 Å². The van der Waals surface area contributed by atoms with Gasteiger partial charge in [-0.15, -0.1) is 12.4 Å². The Hall–Kier alpha value is -1.58. The van der Waals surface area contributed by atoms with Gasteiger partial charge in [0.2, 0.25) is 0 Å². The number of fused-ring (bicyclic) bond motifs is 1. The number of esters is 1. The highest BCUT2D eigenvalue weighted by Crippen LogP contribution is 2.24. The third kappa shape index (κ3) is 2.63. The molecule has 0 fully saturated rings. The van der Waals surface area contributed by atoms with Crippen LogP contribution in [0.15, 0.2) is 36.4 Å². The van der Waals surface area contributed by atoms with Gasteiger partial charge >= 0.3 is 5.97 Å². The third-order valence-corrected chi connectivity index (χ3v) is 2.83. The van der Waals surface area contributed by atoms with Crippen LogP contribution >= 0.6 is 12.4 Å². The van der Waals surface area contributed by atoms with Gasteiger partial charge in [0.05, 0.1) is 12.7 Å². The van der Waals surface area contributed by atoms with Crippen molar-refractivity contribution in [2.75, 3.05) is 7.11 Å². The molecule has 0 saturated carbocycles. The molecule has 96 valence electrons. The molecule has 1 atom stereocenters. The topological polar surface area (TPSA) is 52.3 Å². The van der Waals surface area contributed by atoms with Crippen LogP contribution in [-0.4, -0.2) is 13.1 Å². The molecule has 0 spiro atoms. The van der Waals surface area contributed by atoms with E-state index in [9.17, 15) is 4.79 Å². The predicted molar refractivity (Wildman–Crippen MR) is 75.1 cm³/mol. The van der Waals surface area contributed by atoms with E-state index in [1.165, 1.54) is 7.11 Å². The third-order valence-electron chi connectivity index (χ3n) is 2.83. The first-order valence-corrected chi connectivity index (χ1v) is 5.50. The van der Waals surface area contributed by atoms with Gasteiger partial charge in [-0.05, 0) is 35.4 Å². The zero-order valence-corrected chi connectivity index (χ0v) is 11.2. The molecule has 2 rings (SSSR count). The lowest BCUT2D eigenvalue weighted by Crippen LogP contribution is -2.06. The quantitative estimate of drug-likeness (QED) is 0.849. The average molecular weight is 266 g/mol. The molecule has 2 aromatic carbocycles. The average Bonchev–Trinajstić information content (AvgIpc) is 2.36. The summed E-state index contributed by atoms with van der Waals surface area (Å²) >= 11 is 0. The number of carbonyl (C=O) groups is 1. The van der Waals surface area contributed by atoms with Gasteiger partial charge in [-0.3, -0.25) is 0 Å². The number of halogens is 1. The van der Waals surface area contributed by atoms with E-state index in [0.29, 0.717) is 5.56 Å². The number of hydrogen-bond acceptors (Lipinski definition) is 3. The molecule has 0 radical (unpaired) electrons. The number of rotatable bonds is 2. The van der Waals surface area contributed by atoms with Gasteiger partial charge in [-0.1, -0.05) is 24.3 Å². The highest BCUT2D eigenvalue weighted by atomic mass is 35.5. The van der Waals surface area contributed by atoms with E-state index in [2.05, 4.69) is 0 Å². The van der Waals surface area contributed by atoms with E-state index in [1.54, 1.807) is 6.07 Å². The van der Waals surface area contributed by atoms with Crippen molar-refractivity contribution in [2.24, 2.45) is 5.73 Å². The molecule has 0 aliphatic carbocycles. The monoisotopic (exact) mass is 265 g/mol. The van der Waals surface area contributed by atoms with Crippen LogP contribution in [0, 0.1) is 0 Å². The van der Waals surface area contributed by atoms with Crippen molar-refractivity contribution < 1.29 is 9.53 Å². The van der Waals surface area contributed by atoms with Crippen LogP contribution in [0.3, 0.4) is 0 Å². The molecule has 2 N–H and O–H groups in total. The maximum Gasteiger partial charge on any atom is 0.337 e. The van der Waals surface area contributed by atoms with Crippen molar-refractivity contribution in [3.8, 4) is 0 Å². The highest BCUT2D eigenvalue weighted by molar-refractivity contribution is 5.96. The molecule has 0 aromatic heterocycles. The van der Waals surface area contributed by atoms with Gasteiger partial charge < -0.3 is 10.5 Å². The minimum absolute atomic E-state index is 0. The van der Waals surface area contributed by atoms with Crippen molar-refractivity contribution >= 4 is 29.1 Å². The van der Waals surface area contributed by atoms with E-state index < -0.39 is 0 Å². The molecule has 0 unspecified atom stereocenters. The van der Waals surface area contributed by atoms with Crippen LogP contribution in [-0.2, 0) is 4.74 Å². The second-order valence-corrected chi connectivity index (χ2v) is 4.06. The first-order valence-electron chi connectivity index (χ1n) is 5.50. The van der Waals surface area contributed by atoms with Crippen molar-refractivity contribution in [1.82, 2.24) is 0 Å². The molecule has 0 amide bonds. The first-order chi connectivity index (χ1) is 8.13. The zero-order valence-electron chi connectivity index (χ0n) is 10.3. The van der Waals surface area contributed by atoms with Crippen molar-refractivity contribution in [3.05, 3.63) is 47.5 Å². The summed E-state index contributed by atoms with van der Waals surface area (Å²) in [4.78, 5) is 11.4. The largest absolute Gasteiger partial charge is 0.465 e. The van der Waals surface area contributed by atoms with E-state index in [4.69, 9.17) is 10.5 Å². The molecule has 18 heavy (non-hydrogen) atoms. The normalized spacial score (nSPS) is 11.7. The van der Waals surface area contributed by atoms with E-state index in [-0.39, 0.29) is 24.4 Å². The Labute approximate surface area is 112 Å². The Morgan fingerprint density at radius 1 is 1.28 bits per heavy atom. The minimum atomic E-state index is -0.321. The van der Waals surface area contributed by atoms with E-state index in [1.807, 2.05) is 37.3 Å². The fraction of sp³-hybridized carbons (Fsp3) is 0.214. The maximum atomic E-state index is 11.4. The van der Waals surface area contributed by atoms with Gasteiger partial charge in [0.25, 0.3) is 0 Å². The summed E-state index contributed by atoms with van der Waals surface area (Å²) in [6.45, 7) is 1.95. The SMILES string of the molecule is COC(=O)c1ccc2c([C@@H](C)N)cccc2c1.Cl. The van der Waals surface area contributed by atoms with Crippen LogP contribution in [0.2, 0.25) is 0 Å². The molecule has 0 aliphatic rings. The predicted octanol–water partition coefficient (Wildman–Crippen LogP) is 3.07. The molecule has 3 nitrogen and oxygen atoms in total. The molecule has 0 saturated heterocycles. The van der Waals surface area contributed by atoms with Gasteiger partial charge in [0, 0.05) is 6.04 Å². The van der Waals surface area contributed by atoms with Gasteiger partial charge in [-0.25, -0.2) is 4.79 Å². The van der Waals surface area contributed by atoms with Crippen molar-refractivity contribution in [3.63, 3.8) is 0 Å². The Morgan fingerprint density at radius 3 is 2.61 bits per heavy atom. The van der Waals surface area contributed by atoms with E-state index in [0.717, 1.165) is 16.3 Å². The summed E-state index contributed by atoms with van der Waals surface area (Å²) < 4.78 is 4.70. The standard InChI is InChI=1S/C14H15NO2.ClH/c1-9(15)12-5-3-4-10-8-11(14(16)17-2)6-7-13(10)12;/h3-9H,15H2,1-2H3;1H/t9-;/m1./s1. The molecule has 0 bridgehead atoms. The maximum absolute atomic E-state index is 11.4. The molecular weight excluding hydrogens is 250 g/mol. The summed E-state index contributed by atoms with van der Waals surface area (Å²) in [7, 11) is 1.38. The summed E-state index contributed by atoms with van der Waals surface area (Å²) in [5.41, 5.74) is 7.55. The number of methoxy groups -OCH3 is 1. The minimum Gasteiger partial charge on any atom is -0.465 e. The lowest BCUT2D eigenvalue weighted by molar-refractivity contribution is 0.0601. The van der Waals surface area contributed by atoms with Crippen molar-refractivity contribution in [1.29, 1.82) is 0 Å². The van der Waals surface area contributed by atoms with Crippen LogP contribution in [0.25, 0.3) is 10.8 Å². The number of nitrogens with two attached hydrogens (primary N) is 1. The smallest absolute Gasteiger partial charge is 0.337 e.